The van der Waals surface area contributed by atoms with Crippen LogP contribution in [0, 0.1) is 5.92 Å². The Balaban J connectivity index is 1.79. The third-order valence-electron chi connectivity index (χ3n) is 4.30. The minimum atomic E-state index is -0.538. The smallest absolute Gasteiger partial charge is 0.410 e. The van der Waals surface area contributed by atoms with E-state index in [1.54, 1.807) is 11.0 Å². The molecule has 1 saturated heterocycles. The van der Waals surface area contributed by atoms with Crippen molar-refractivity contribution in [2.24, 2.45) is 5.92 Å². The molecule has 23 heavy (non-hydrogen) atoms. The molecule has 1 fully saturated rings. The summed E-state index contributed by atoms with van der Waals surface area (Å²) in [5, 5.41) is 0. The summed E-state index contributed by atoms with van der Waals surface area (Å²) in [5.74, 6) is 0.378. The third kappa shape index (κ3) is 3.19. The van der Waals surface area contributed by atoms with Crippen LogP contribution < -0.4 is 4.74 Å². The van der Waals surface area contributed by atoms with E-state index in [9.17, 15) is 9.59 Å². The van der Waals surface area contributed by atoms with Gasteiger partial charge in [-0.05, 0) is 45.7 Å². The highest BCUT2D eigenvalue weighted by Gasteiger charge is 2.42. The number of hydrogen-bond acceptors (Lipinski definition) is 4. The first-order valence-electron chi connectivity index (χ1n) is 8.12. The minimum absolute atomic E-state index is 0.0623. The normalized spacial score (nSPS) is 24.1. The lowest BCUT2D eigenvalue weighted by molar-refractivity contribution is 0.0150. The Kier molecular flexibility index (Phi) is 4.04. The van der Waals surface area contributed by atoms with Gasteiger partial charge >= 0.3 is 6.09 Å². The first-order chi connectivity index (χ1) is 10.9. The predicted octanol–water partition coefficient (Wildman–Crippen LogP) is 3.28. The lowest BCUT2D eigenvalue weighted by atomic mass is 9.88. The second-order valence-corrected chi connectivity index (χ2v) is 7.16. The molecule has 0 spiro atoms. The van der Waals surface area contributed by atoms with Crippen molar-refractivity contribution in [2.75, 3.05) is 13.2 Å². The molecule has 2 aliphatic heterocycles. The molecular formula is C18H23NO4. The first kappa shape index (κ1) is 15.8. The Morgan fingerprint density at radius 2 is 2.04 bits per heavy atom. The number of para-hydroxylation sites is 1. The van der Waals surface area contributed by atoms with Crippen LogP contribution in [0.1, 0.15) is 44.0 Å². The SMILES string of the molecule is CC(C)(C)OC(=O)N1CCCC1C1COc2ccccc2C1=O. The molecule has 0 N–H and O–H groups in total. The fraction of sp³-hybridized carbons (Fsp3) is 0.556. The van der Waals surface area contributed by atoms with E-state index in [0.717, 1.165) is 12.8 Å². The Hall–Kier alpha value is -2.04. The van der Waals surface area contributed by atoms with Crippen molar-refractivity contribution in [3.63, 3.8) is 0 Å². The molecule has 2 aliphatic rings. The molecule has 0 bridgehead atoms. The first-order valence-corrected chi connectivity index (χ1v) is 8.12. The van der Waals surface area contributed by atoms with E-state index in [1.807, 2.05) is 39.0 Å². The van der Waals surface area contributed by atoms with Crippen LogP contribution in [0.3, 0.4) is 0 Å². The zero-order valence-electron chi connectivity index (χ0n) is 13.9. The van der Waals surface area contributed by atoms with Gasteiger partial charge in [-0.1, -0.05) is 12.1 Å². The van der Waals surface area contributed by atoms with E-state index < -0.39 is 5.60 Å². The summed E-state index contributed by atoms with van der Waals surface area (Å²) in [6.45, 7) is 6.49. The number of amides is 1. The molecule has 0 radical (unpaired) electrons. The molecule has 124 valence electrons. The van der Waals surface area contributed by atoms with Gasteiger partial charge < -0.3 is 14.4 Å². The molecule has 2 heterocycles. The van der Waals surface area contributed by atoms with Gasteiger partial charge in [0, 0.05) is 12.6 Å². The maximum Gasteiger partial charge on any atom is 0.410 e. The molecule has 0 aromatic heterocycles. The molecule has 2 unspecified atom stereocenters. The zero-order valence-corrected chi connectivity index (χ0v) is 13.9. The number of fused-ring (bicyclic) bond motifs is 1. The van der Waals surface area contributed by atoms with Crippen LogP contribution in [0.15, 0.2) is 24.3 Å². The average Bonchev–Trinajstić information content (AvgIpc) is 2.95. The van der Waals surface area contributed by atoms with Crippen LogP contribution >= 0.6 is 0 Å². The van der Waals surface area contributed by atoms with Gasteiger partial charge in [0.2, 0.25) is 0 Å². The topological polar surface area (TPSA) is 55.8 Å². The number of hydrogen-bond donors (Lipinski definition) is 0. The summed E-state index contributed by atoms with van der Waals surface area (Å²) in [7, 11) is 0. The summed E-state index contributed by atoms with van der Waals surface area (Å²) in [4.78, 5) is 26.9. The molecule has 0 aliphatic carbocycles. The third-order valence-corrected chi connectivity index (χ3v) is 4.30. The Morgan fingerprint density at radius 1 is 1.30 bits per heavy atom. The average molecular weight is 317 g/mol. The summed E-state index contributed by atoms with van der Waals surface area (Å²) in [5.41, 5.74) is 0.0731. The summed E-state index contributed by atoms with van der Waals surface area (Å²) < 4.78 is 11.2. The second-order valence-electron chi connectivity index (χ2n) is 7.16. The van der Waals surface area contributed by atoms with Crippen LogP contribution in [0.25, 0.3) is 0 Å². The van der Waals surface area contributed by atoms with E-state index >= 15 is 0 Å². The summed E-state index contributed by atoms with van der Waals surface area (Å²) in [6.07, 6.45) is 1.35. The lowest BCUT2D eigenvalue weighted by Gasteiger charge is -2.34. The molecular weight excluding hydrogens is 294 g/mol. The predicted molar refractivity (Wildman–Crippen MR) is 85.7 cm³/mol. The van der Waals surface area contributed by atoms with E-state index in [1.165, 1.54) is 0 Å². The number of carbonyl (C=O) groups excluding carboxylic acids is 2. The standard InChI is InChI=1S/C18H23NO4/c1-18(2,3)23-17(21)19-10-6-8-14(19)13-11-22-15-9-5-4-7-12(15)16(13)20/h4-5,7,9,13-14H,6,8,10-11H2,1-3H3. The van der Waals surface area contributed by atoms with Crippen molar-refractivity contribution in [2.45, 2.75) is 45.3 Å². The largest absolute Gasteiger partial charge is 0.492 e. The molecule has 1 aromatic rings. The molecule has 1 aromatic carbocycles. The van der Waals surface area contributed by atoms with Gasteiger partial charge in [0.15, 0.2) is 5.78 Å². The van der Waals surface area contributed by atoms with Crippen molar-refractivity contribution in [3.05, 3.63) is 29.8 Å². The van der Waals surface area contributed by atoms with E-state index in [-0.39, 0.29) is 23.8 Å². The van der Waals surface area contributed by atoms with E-state index in [2.05, 4.69) is 0 Å². The van der Waals surface area contributed by atoms with Crippen molar-refractivity contribution in [3.8, 4) is 5.75 Å². The summed E-state index contributed by atoms with van der Waals surface area (Å²) in [6, 6.07) is 7.14. The molecule has 5 nitrogen and oxygen atoms in total. The van der Waals surface area contributed by atoms with Crippen LogP contribution in [0.4, 0.5) is 4.79 Å². The number of ether oxygens (including phenoxy) is 2. The minimum Gasteiger partial charge on any atom is -0.492 e. The maximum absolute atomic E-state index is 12.8. The van der Waals surface area contributed by atoms with Crippen LogP contribution in [-0.4, -0.2) is 41.6 Å². The monoisotopic (exact) mass is 317 g/mol. The van der Waals surface area contributed by atoms with Crippen molar-refractivity contribution < 1.29 is 19.1 Å². The van der Waals surface area contributed by atoms with Gasteiger partial charge in [-0.3, -0.25) is 4.79 Å². The number of carbonyl (C=O) groups is 2. The van der Waals surface area contributed by atoms with Gasteiger partial charge in [0.05, 0.1) is 11.5 Å². The molecule has 3 rings (SSSR count). The van der Waals surface area contributed by atoms with E-state index in [4.69, 9.17) is 9.47 Å². The lowest BCUT2D eigenvalue weighted by Crippen LogP contribution is -2.48. The molecule has 0 saturated carbocycles. The molecule has 5 heteroatoms. The highest BCUT2D eigenvalue weighted by molar-refractivity contribution is 6.01. The highest BCUT2D eigenvalue weighted by atomic mass is 16.6. The van der Waals surface area contributed by atoms with Crippen molar-refractivity contribution in [1.82, 2.24) is 4.90 Å². The summed E-state index contributed by atoms with van der Waals surface area (Å²) >= 11 is 0. The number of rotatable bonds is 1. The molecule has 2 atom stereocenters. The zero-order chi connectivity index (χ0) is 16.6. The molecule has 1 amide bonds. The fourth-order valence-corrected chi connectivity index (χ4v) is 3.29. The van der Waals surface area contributed by atoms with Gasteiger partial charge in [0.25, 0.3) is 0 Å². The van der Waals surface area contributed by atoms with E-state index in [0.29, 0.717) is 24.5 Å². The number of nitrogens with zero attached hydrogens (tertiary/aromatic N) is 1. The Labute approximate surface area is 136 Å². The second kappa shape index (κ2) is 5.87. The van der Waals surface area contributed by atoms with Crippen LogP contribution in [0.5, 0.6) is 5.75 Å². The number of likely N-dealkylation sites (tertiary alicyclic amines) is 1. The highest BCUT2D eigenvalue weighted by Crippen LogP contribution is 2.34. The number of Topliss-reactive ketones (excluding diaryl/α,β-unsaturated/α-hetero) is 1. The van der Waals surface area contributed by atoms with Gasteiger partial charge in [-0.15, -0.1) is 0 Å². The van der Waals surface area contributed by atoms with Crippen LogP contribution in [0.2, 0.25) is 0 Å². The number of benzene rings is 1. The maximum atomic E-state index is 12.8. The van der Waals surface area contributed by atoms with Crippen molar-refractivity contribution in [1.29, 1.82) is 0 Å². The Morgan fingerprint density at radius 3 is 2.78 bits per heavy atom. The van der Waals surface area contributed by atoms with Gasteiger partial charge in [-0.2, -0.15) is 0 Å². The quantitative estimate of drug-likeness (QED) is 0.797. The van der Waals surface area contributed by atoms with Gasteiger partial charge in [0.1, 0.15) is 18.0 Å². The Bertz CT molecular complexity index is 620. The van der Waals surface area contributed by atoms with Crippen molar-refractivity contribution >= 4 is 11.9 Å². The number of ketones is 1. The fourth-order valence-electron chi connectivity index (χ4n) is 3.29. The van der Waals surface area contributed by atoms with Gasteiger partial charge in [-0.25, -0.2) is 4.79 Å². The van der Waals surface area contributed by atoms with Crippen LogP contribution in [-0.2, 0) is 4.74 Å².